The van der Waals surface area contributed by atoms with Crippen molar-refractivity contribution < 1.29 is 14.6 Å². The topological polar surface area (TPSA) is 58.6 Å². The summed E-state index contributed by atoms with van der Waals surface area (Å²) in [6.45, 7) is 4.10. The van der Waals surface area contributed by atoms with E-state index in [2.05, 4.69) is 5.32 Å². The predicted molar refractivity (Wildman–Crippen MR) is 83.0 cm³/mol. The molecule has 21 heavy (non-hydrogen) atoms. The average molecular weight is 332 g/mol. The van der Waals surface area contributed by atoms with Crippen LogP contribution < -0.4 is 5.32 Å². The second-order valence-corrected chi connectivity index (χ2v) is 6.53. The Labute approximate surface area is 134 Å². The zero-order chi connectivity index (χ0) is 15.8. The number of nitrogens with one attached hydrogen (secondary N) is 1. The summed E-state index contributed by atoms with van der Waals surface area (Å²) in [6.07, 6.45) is -0.352. The lowest BCUT2D eigenvalue weighted by atomic mass is 9.83. The second kappa shape index (κ2) is 6.13. The first-order valence-corrected chi connectivity index (χ1v) is 7.50. The molecule has 0 aromatic heterocycles. The molecule has 1 heterocycles. The van der Waals surface area contributed by atoms with E-state index in [1.165, 1.54) is 0 Å². The highest BCUT2D eigenvalue weighted by molar-refractivity contribution is 6.35. The van der Waals surface area contributed by atoms with E-state index in [0.29, 0.717) is 28.6 Å². The molecule has 1 aromatic carbocycles. The summed E-state index contributed by atoms with van der Waals surface area (Å²) >= 11 is 12.2. The van der Waals surface area contributed by atoms with Crippen molar-refractivity contribution in [1.29, 1.82) is 0 Å². The number of ether oxygens (including phenoxy) is 1. The third-order valence-corrected chi connectivity index (χ3v) is 4.63. The molecule has 3 atom stereocenters. The average Bonchev–Trinajstić information content (AvgIpc) is 2.59. The van der Waals surface area contributed by atoms with Gasteiger partial charge in [-0.2, -0.15) is 0 Å². The fraction of sp³-hybridized carbons (Fsp3) is 0.533. The maximum atomic E-state index is 12.3. The summed E-state index contributed by atoms with van der Waals surface area (Å²) < 4.78 is 5.05. The van der Waals surface area contributed by atoms with Gasteiger partial charge in [-0.3, -0.25) is 4.79 Å². The van der Waals surface area contributed by atoms with Crippen LogP contribution in [0.2, 0.25) is 10.0 Å². The Kier molecular flexibility index (Phi) is 4.83. The van der Waals surface area contributed by atoms with Gasteiger partial charge in [0.1, 0.15) is 0 Å². The number of rotatable bonds is 4. The van der Waals surface area contributed by atoms with Crippen molar-refractivity contribution in [3.8, 4) is 0 Å². The van der Waals surface area contributed by atoms with Crippen LogP contribution in [0.15, 0.2) is 12.1 Å². The first-order valence-electron chi connectivity index (χ1n) is 6.74. The lowest BCUT2D eigenvalue weighted by Gasteiger charge is -2.29. The molecule has 1 aliphatic heterocycles. The van der Waals surface area contributed by atoms with Gasteiger partial charge in [-0.25, -0.2) is 0 Å². The van der Waals surface area contributed by atoms with Gasteiger partial charge in [0.2, 0.25) is 5.91 Å². The Hall–Kier alpha value is -0.810. The third kappa shape index (κ3) is 3.04. The standard InChI is InChI=1S/C15H19Cl2NO3/c1-8-6-9(16)7-10(17)11(8)12-13(19)15(2,4-5-21-3)18-14(12)20/h6-7,12-13,19H,4-5H2,1-3H3,(H,18,20). The molecule has 1 aliphatic rings. The SMILES string of the molecule is COCCC1(C)NC(=O)C(c2c(C)cc(Cl)cc2Cl)C1O. The monoisotopic (exact) mass is 331 g/mol. The minimum Gasteiger partial charge on any atom is -0.390 e. The Balaban J connectivity index is 2.39. The molecule has 0 bridgehead atoms. The number of benzene rings is 1. The first-order chi connectivity index (χ1) is 9.80. The molecule has 0 aliphatic carbocycles. The smallest absolute Gasteiger partial charge is 0.230 e. The molecule has 3 unspecified atom stereocenters. The highest BCUT2D eigenvalue weighted by atomic mass is 35.5. The number of aliphatic hydroxyl groups excluding tert-OH is 1. The zero-order valence-electron chi connectivity index (χ0n) is 12.2. The van der Waals surface area contributed by atoms with Crippen molar-refractivity contribution >= 4 is 29.1 Å². The highest BCUT2D eigenvalue weighted by Gasteiger charge is 2.50. The van der Waals surface area contributed by atoms with Crippen molar-refractivity contribution in [2.75, 3.05) is 13.7 Å². The second-order valence-electron chi connectivity index (χ2n) is 5.69. The van der Waals surface area contributed by atoms with Gasteiger partial charge in [-0.15, -0.1) is 0 Å². The minimum atomic E-state index is -0.877. The van der Waals surface area contributed by atoms with E-state index in [9.17, 15) is 9.90 Å². The Bertz CT molecular complexity index is 541. The molecular weight excluding hydrogens is 313 g/mol. The fourth-order valence-corrected chi connectivity index (χ4v) is 3.58. The molecule has 2 N–H and O–H groups in total. The Morgan fingerprint density at radius 1 is 1.43 bits per heavy atom. The highest BCUT2D eigenvalue weighted by Crippen LogP contribution is 2.40. The maximum Gasteiger partial charge on any atom is 0.230 e. The van der Waals surface area contributed by atoms with Crippen molar-refractivity contribution in [2.24, 2.45) is 0 Å². The van der Waals surface area contributed by atoms with Crippen LogP contribution in [0.1, 0.15) is 30.4 Å². The van der Waals surface area contributed by atoms with Crippen molar-refractivity contribution in [1.82, 2.24) is 5.32 Å². The number of carbonyl (C=O) groups excluding carboxylic acids is 1. The largest absolute Gasteiger partial charge is 0.390 e. The Morgan fingerprint density at radius 2 is 2.10 bits per heavy atom. The zero-order valence-corrected chi connectivity index (χ0v) is 13.8. The number of hydrogen-bond acceptors (Lipinski definition) is 3. The lowest BCUT2D eigenvalue weighted by Crippen LogP contribution is -2.46. The van der Waals surface area contributed by atoms with E-state index in [0.717, 1.165) is 5.56 Å². The van der Waals surface area contributed by atoms with E-state index in [-0.39, 0.29) is 5.91 Å². The molecule has 4 nitrogen and oxygen atoms in total. The fourth-order valence-electron chi connectivity index (χ4n) is 2.87. The van der Waals surface area contributed by atoms with Crippen molar-refractivity contribution in [3.05, 3.63) is 33.3 Å². The summed E-state index contributed by atoms with van der Waals surface area (Å²) in [5.41, 5.74) is 0.697. The first kappa shape index (κ1) is 16.6. The number of hydrogen-bond donors (Lipinski definition) is 2. The summed E-state index contributed by atoms with van der Waals surface area (Å²) in [4.78, 5) is 12.3. The van der Waals surface area contributed by atoms with Gasteiger partial charge in [-0.1, -0.05) is 23.2 Å². The predicted octanol–water partition coefficient (Wildman–Crippen LogP) is 2.67. The summed E-state index contributed by atoms with van der Waals surface area (Å²) in [5.74, 6) is -0.926. The molecule has 0 spiro atoms. The van der Waals surface area contributed by atoms with Crippen LogP contribution in [-0.4, -0.2) is 36.4 Å². The van der Waals surface area contributed by atoms with Gasteiger partial charge in [0.05, 0.1) is 17.6 Å². The molecule has 1 fully saturated rings. The van der Waals surface area contributed by atoms with Gasteiger partial charge in [-0.05, 0) is 43.5 Å². The summed E-state index contributed by atoms with van der Waals surface area (Å²) in [6, 6.07) is 3.34. The van der Waals surface area contributed by atoms with Crippen LogP contribution >= 0.6 is 23.2 Å². The van der Waals surface area contributed by atoms with Crippen LogP contribution in [0.4, 0.5) is 0 Å². The quantitative estimate of drug-likeness (QED) is 0.891. The molecule has 0 radical (unpaired) electrons. The van der Waals surface area contributed by atoms with E-state index < -0.39 is 17.6 Å². The number of methoxy groups -OCH3 is 1. The molecular formula is C15H19Cl2NO3. The van der Waals surface area contributed by atoms with Crippen molar-refractivity contribution in [3.63, 3.8) is 0 Å². The molecule has 2 rings (SSSR count). The van der Waals surface area contributed by atoms with E-state index in [1.807, 2.05) is 13.8 Å². The third-order valence-electron chi connectivity index (χ3n) is 4.10. The minimum absolute atomic E-state index is 0.228. The van der Waals surface area contributed by atoms with Gasteiger partial charge < -0.3 is 15.2 Å². The van der Waals surface area contributed by atoms with Gasteiger partial charge in [0.15, 0.2) is 0 Å². The van der Waals surface area contributed by atoms with Crippen LogP contribution in [0.5, 0.6) is 0 Å². The van der Waals surface area contributed by atoms with Crippen LogP contribution in [0.3, 0.4) is 0 Å². The summed E-state index contributed by atoms with van der Waals surface area (Å²) in [7, 11) is 1.59. The number of aryl methyl sites for hydroxylation is 1. The number of amides is 1. The molecule has 116 valence electrons. The van der Waals surface area contributed by atoms with Gasteiger partial charge in [0.25, 0.3) is 0 Å². The molecule has 0 saturated carbocycles. The van der Waals surface area contributed by atoms with Crippen molar-refractivity contribution in [2.45, 2.75) is 37.8 Å². The van der Waals surface area contributed by atoms with Crippen LogP contribution in [-0.2, 0) is 9.53 Å². The molecule has 1 amide bonds. The number of carbonyl (C=O) groups is 1. The maximum absolute atomic E-state index is 12.3. The van der Waals surface area contributed by atoms with Gasteiger partial charge in [0, 0.05) is 23.8 Å². The molecule has 1 aromatic rings. The number of aliphatic hydroxyl groups is 1. The Morgan fingerprint density at radius 3 is 2.67 bits per heavy atom. The van der Waals surface area contributed by atoms with Gasteiger partial charge >= 0.3 is 0 Å². The lowest BCUT2D eigenvalue weighted by molar-refractivity contribution is -0.121. The van der Waals surface area contributed by atoms with Crippen LogP contribution in [0.25, 0.3) is 0 Å². The van der Waals surface area contributed by atoms with Crippen LogP contribution in [0, 0.1) is 6.92 Å². The normalized spacial score (nSPS) is 28.8. The van der Waals surface area contributed by atoms with E-state index >= 15 is 0 Å². The van der Waals surface area contributed by atoms with E-state index in [4.69, 9.17) is 27.9 Å². The summed E-state index contributed by atoms with van der Waals surface area (Å²) in [5, 5.41) is 14.4. The molecule has 6 heteroatoms. The molecule has 1 saturated heterocycles. The van der Waals surface area contributed by atoms with E-state index in [1.54, 1.807) is 19.2 Å². The number of halogens is 2.